The van der Waals surface area contributed by atoms with Gasteiger partial charge in [0, 0.05) is 5.56 Å². The third-order valence-corrected chi connectivity index (χ3v) is 4.60. The molecule has 1 fully saturated rings. The minimum atomic E-state index is -0.998. The first-order valence-electron chi connectivity index (χ1n) is 8.70. The second-order valence-electron chi connectivity index (χ2n) is 6.74. The molecule has 5 nitrogen and oxygen atoms in total. The third kappa shape index (κ3) is 4.04. The summed E-state index contributed by atoms with van der Waals surface area (Å²) in [6.45, 7) is 3.93. The number of aryl methyl sites for hydroxylation is 1. The molecule has 5 heteroatoms. The van der Waals surface area contributed by atoms with E-state index in [0.717, 1.165) is 12.0 Å². The quantitative estimate of drug-likeness (QED) is 0.801. The molecular formula is C21H23NO4. The first kappa shape index (κ1) is 18.0. The van der Waals surface area contributed by atoms with Gasteiger partial charge in [-0.05, 0) is 37.0 Å². The number of benzene rings is 2. The summed E-state index contributed by atoms with van der Waals surface area (Å²) in [5, 5.41) is 2.84. The number of ether oxygens (including phenoxy) is 2. The molecule has 0 radical (unpaired) electrons. The Bertz CT molecular complexity index is 803. The molecule has 1 amide bonds. The summed E-state index contributed by atoms with van der Waals surface area (Å²) in [6.07, 6.45) is -0.185. The molecule has 0 bridgehead atoms. The molecule has 1 aliphatic rings. The Balaban J connectivity index is 1.83. The molecule has 3 unspecified atom stereocenters. The number of amides is 1. The smallest absolute Gasteiger partial charge is 0.310 e. The van der Waals surface area contributed by atoms with Crippen LogP contribution in [0.15, 0.2) is 48.5 Å². The number of anilines is 1. The van der Waals surface area contributed by atoms with Gasteiger partial charge in [-0.2, -0.15) is 0 Å². The highest BCUT2D eigenvalue weighted by Crippen LogP contribution is 2.40. The van der Waals surface area contributed by atoms with Crippen molar-refractivity contribution in [3.05, 3.63) is 59.7 Å². The van der Waals surface area contributed by atoms with E-state index in [1.165, 1.54) is 0 Å². The minimum Gasteiger partial charge on any atom is -0.495 e. The van der Waals surface area contributed by atoms with Gasteiger partial charge in [0.2, 0.25) is 6.10 Å². The number of hydrogen-bond donors (Lipinski definition) is 1. The summed E-state index contributed by atoms with van der Waals surface area (Å²) in [4.78, 5) is 25.2. The van der Waals surface area contributed by atoms with Gasteiger partial charge in [-0.3, -0.25) is 9.59 Å². The van der Waals surface area contributed by atoms with Crippen molar-refractivity contribution in [2.45, 2.75) is 26.4 Å². The molecule has 0 aromatic heterocycles. The zero-order valence-corrected chi connectivity index (χ0v) is 15.2. The van der Waals surface area contributed by atoms with E-state index in [-0.39, 0.29) is 11.9 Å². The first-order chi connectivity index (χ1) is 12.5. The molecule has 1 saturated carbocycles. The first-order valence-corrected chi connectivity index (χ1v) is 8.70. The number of nitrogens with one attached hydrogen (secondary N) is 1. The lowest BCUT2D eigenvalue weighted by Crippen LogP contribution is -2.26. The van der Waals surface area contributed by atoms with E-state index in [2.05, 4.69) is 5.32 Å². The second-order valence-corrected chi connectivity index (χ2v) is 6.74. The number of esters is 1. The predicted octanol–water partition coefficient (Wildman–Crippen LogP) is 3.88. The molecular weight excluding hydrogens is 330 g/mol. The van der Waals surface area contributed by atoms with Crippen molar-refractivity contribution in [3.63, 3.8) is 0 Å². The predicted molar refractivity (Wildman–Crippen MR) is 98.9 cm³/mol. The Labute approximate surface area is 153 Å². The van der Waals surface area contributed by atoms with Crippen LogP contribution in [0.4, 0.5) is 5.69 Å². The maximum absolute atomic E-state index is 12.9. The SMILES string of the molecule is COc1ccc(C)cc1NC(=O)C(OC(=O)C1CC1C)c1ccccc1. The number of carbonyl (C=O) groups excluding carboxylic acids is 2. The summed E-state index contributed by atoms with van der Waals surface area (Å²) < 4.78 is 10.9. The van der Waals surface area contributed by atoms with E-state index >= 15 is 0 Å². The van der Waals surface area contributed by atoms with Gasteiger partial charge in [0.15, 0.2) is 0 Å². The molecule has 1 N–H and O–H groups in total. The van der Waals surface area contributed by atoms with Crippen LogP contribution in [0.3, 0.4) is 0 Å². The van der Waals surface area contributed by atoms with Gasteiger partial charge in [-0.15, -0.1) is 0 Å². The molecule has 0 spiro atoms. The summed E-state index contributed by atoms with van der Waals surface area (Å²) in [5.41, 5.74) is 2.17. The molecule has 0 heterocycles. The van der Waals surface area contributed by atoms with Crippen LogP contribution in [0.5, 0.6) is 5.75 Å². The van der Waals surface area contributed by atoms with Crippen molar-refractivity contribution in [3.8, 4) is 5.75 Å². The maximum Gasteiger partial charge on any atom is 0.310 e. The third-order valence-electron chi connectivity index (χ3n) is 4.60. The van der Waals surface area contributed by atoms with Crippen molar-refractivity contribution >= 4 is 17.6 Å². The van der Waals surface area contributed by atoms with Crippen LogP contribution in [-0.4, -0.2) is 19.0 Å². The van der Waals surface area contributed by atoms with E-state index in [4.69, 9.17) is 9.47 Å². The van der Waals surface area contributed by atoms with Crippen LogP contribution in [0.25, 0.3) is 0 Å². The summed E-state index contributed by atoms with van der Waals surface area (Å²) in [5.74, 6) is 0.0405. The van der Waals surface area contributed by atoms with Crippen molar-refractivity contribution in [1.29, 1.82) is 0 Å². The molecule has 2 aromatic rings. The number of rotatable bonds is 6. The van der Waals surface area contributed by atoms with Crippen LogP contribution in [0, 0.1) is 18.8 Å². The van der Waals surface area contributed by atoms with Gasteiger partial charge in [-0.1, -0.05) is 43.3 Å². The van der Waals surface area contributed by atoms with Gasteiger partial charge >= 0.3 is 5.97 Å². The molecule has 3 rings (SSSR count). The topological polar surface area (TPSA) is 64.6 Å². The van der Waals surface area contributed by atoms with E-state index in [0.29, 0.717) is 22.9 Å². The molecule has 3 atom stereocenters. The monoisotopic (exact) mass is 353 g/mol. The van der Waals surface area contributed by atoms with Crippen molar-refractivity contribution in [2.24, 2.45) is 11.8 Å². The van der Waals surface area contributed by atoms with Gasteiger partial charge in [0.05, 0.1) is 18.7 Å². The van der Waals surface area contributed by atoms with Crippen LogP contribution in [0.1, 0.15) is 30.6 Å². The molecule has 1 aliphatic carbocycles. The highest BCUT2D eigenvalue weighted by atomic mass is 16.5. The normalized spacial score (nSPS) is 19.3. The zero-order chi connectivity index (χ0) is 18.7. The molecule has 26 heavy (non-hydrogen) atoms. The number of methoxy groups -OCH3 is 1. The Morgan fingerprint density at radius 3 is 2.46 bits per heavy atom. The lowest BCUT2D eigenvalue weighted by molar-refractivity contribution is -0.156. The van der Waals surface area contributed by atoms with Crippen LogP contribution in [-0.2, 0) is 14.3 Å². The minimum absolute atomic E-state index is 0.109. The van der Waals surface area contributed by atoms with Gasteiger partial charge in [-0.25, -0.2) is 0 Å². The van der Waals surface area contributed by atoms with E-state index in [1.807, 2.05) is 44.2 Å². The molecule has 2 aromatic carbocycles. The maximum atomic E-state index is 12.9. The lowest BCUT2D eigenvalue weighted by Gasteiger charge is -2.19. The Hall–Kier alpha value is -2.82. The highest BCUT2D eigenvalue weighted by Gasteiger charge is 2.42. The fraction of sp³-hybridized carbons (Fsp3) is 0.333. The summed E-state index contributed by atoms with van der Waals surface area (Å²) >= 11 is 0. The van der Waals surface area contributed by atoms with E-state index < -0.39 is 12.0 Å². The lowest BCUT2D eigenvalue weighted by atomic mass is 10.1. The average Bonchev–Trinajstić information content (AvgIpc) is 3.37. The zero-order valence-electron chi connectivity index (χ0n) is 15.2. The Morgan fingerprint density at radius 2 is 1.85 bits per heavy atom. The summed E-state index contributed by atoms with van der Waals surface area (Å²) in [7, 11) is 1.55. The fourth-order valence-corrected chi connectivity index (χ4v) is 2.87. The largest absolute Gasteiger partial charge is 0.495 e. The van der Waals surface area contributed by atoms with Crippen LogP contribution >= 0.6 is 0 Å². The standard InChI is InChI=1S/C21H23NO4/c1-13-9-10-18(25-3)17(11-13)22-20(23)19(15-7-5-4-6-8-15)26-21(24)16-12-14(16)2/h4-11,14,16,19H,12H2,1-3H3,(H,22,23). The number of hydrogen-bond acceptors (Lipinski definition) is 4. The Morgan fingerprint density at radius 1 is 1.15 bits per heavy atom. The van der Waals surface area contributed by atoms with Crippen molar-refractivity contribution < 1.29 is 19.1 Å². The molecule has 0 saturated heterocycles. The van der Waals surface area contributed by atoms with Crippen molar-refractivity contribution in [1.82, 2.24) is 0 Å². The Kier molecular flexibility index (Phi) is 5.26. The van der Waals surface area contributed by atoms with Gasteiger partial charge in [0.25, 0.3) is 5.91 Å². The van der Waals surface area contributed by atoms with E-state index in [1.54, 1.807) is 25.3 Å². The summed E-state index contributed by atoms with van der Waals surface area (Å²) in [6, 6.07) is 14.6. The molecule has 136 valence electrons. The number of carbonyl (C=O) groups is 2. The van der Waals surface area contributed by atoms with Crippen molar-refractivity contribution in [2.75, 3.05) is 12.4 Å². The van der Waals surface area contributed by atoms with Gasteiger partial charge in [0.1, 0.15) is 5.75 Å². The fourth-order valence-electron chi connectivity index (χ4n) is 2.87. The second kappa shape index (κ2) is 7.60. The van der Waals surface area contributed by atoms with E-state index in [9.17, 15) is 9.59 Å². The molecule has 0 aliphatic heterocycles. The van der Waals surface area contributed by atoms with Crippen LogP contribution < -0.4 is 10.1 Å². The van der Waals surface area contributed by atoms with Gasteiger partial charge < -0.3 is 14.8 Å². The highest BCUT2D eigenvalue weighted by molar-refractivity contribution is 5.97. The average molecular weight is 353 g/mol. The van der Waals surface area contributed by atoms with Crippen LogP contribution in [0.2, 0.25) is 0 Å².